The highest BCUT2D eigenvalue weighted by atomic mass is 16.2. The lowest BCUT2D eigenvalue weighted by Gasteiger charge is -2.34. The number of carbonyl (C=O) groups excluding carboxylic acids is 1. The molecule has 2 aliphatic heterocycles. The maximum absolute atomic E-state index is 12.7. The monoisotopic (exact) mass is 315 g/mol. The molecule has 4 nitrogen and oxygen atoms in total. The van der Waals surface area contributed by atoms with Gasteiger partial charge in [0.05, 0.1) is 6.04 Å². The molecule has 2 saturated heterocycles. The molecular weight excluding hydrogens is 286 g/mol. The number of benzene rings is 1. The van der Waals surface area contributed by atoms with Crippen molar-refractivity contribution < 1.29 is 4.79 Å². The predicted octanol–water partition coefficient (Wildman–Crippen LogP) is 2.38. The standard InChI is InChI=1S/C19H29N3O/c1-2-20-13-15-21(16-14-20)12-10-19(23)22-11-6-9-18(22)17-7-4-3-5-8-17/h3-5,7-8,18H,2,6,9-16H2,1H3/t18-/m0/s1. The molecule has 0 N–H and O–H groups in total. The fourth-order valence-electron chi connectivity index (χ4n) is 3.81. The number of nitrogens with zero attached hydrogens (tertiary/aromatic N) is 3. The van der Waals surface area contributed by atoms with E-state index in [1.54, 1.807) is 0 Å². The van der Waals surface area contributed by atoms with Crippen molar-refractivity contribution in [3.8, 4) is 0 Å². The summed E-state index contributed by atoms with van der Waals surface area (Å²) in [6, 6.07) is 10.8. The first-order valence-corrected chi connectivity index (χ1v) is 9.07. The molecule has 1 amide bonds. The minimum Gasteiger partial charge on any atom is -0.336 e. The smallest absolute Gasteiger partial charge is 0.224 e. The molecule has 2 heterocycles. The number of hydrogen-bond acceptors (Lipinski definition) is 3. The van der Waals surface area contributed by atoms with Crippen LogP contribution >= 0.6 is 0 Å². The van der Waals surface area contributed by atoms with Gasteiger partial charge in [0.1, 0.15) is 0 Å². The normalized spacial score (nSPS) is 23.3. The molecule has 1 aromatic carbocycles. The third kappa shape index (κ3) is 4.12. The average molecular weight is 315 g/mol. The molecule has 0 radical (unpaired) electrons. The number of carbonyl (C=O) groups is 1. The third-order valence-corrected chi connectivity index (χ3v) is 5.31. The Bertz CT molecular complexity index is 497. The van der Waals surface area contributed by atoms with Crippen LogP contribution in [0.2, 0.25) is 0 Å². The van der Waals surface area contributed by atoms with Crippen molar-refractivity contribution in [1.82, 2.24) is 14.7 Å². The zero-order valence-corrected chi connectivity index (χ0v) is 14.3. The van der Waals surface area contributed by atoms with Crippen LogP contribution in [0.15, 0.2) is 30.3 Å². The number of hydrogen-bond donors (Lipinski definition) is 0. The van der Waals surface area contributed by atoms with Crippen LogP contribution in [0.25, 0.3) is 0 Å². The molecule has 0 unspecified atom stereocenters. The Kier molecular flexibility index (Phi) is 5.68. The summed E-state index contributed by atoms with van der Waals surface area (Å²) in [5.41, 5.74) is 1.29. The van der Waals surface area contributed by atoms with Crippen LogP contribution < -0.4 is 0 Å². The molecule has 23 heavy (non-hydrogen) atoms. The number of likely N-dealkylation sites (N-methyl/N-ethyl adjacent to an activating group) is 1. The van der Waals surface area contributed by atoms with Crippen LogP contribution in [0.4, 0.5) is 0 Å². The van der Waals surface area contributed by atoms with Crippen molar-refractivity contribution >= 4 is 5.91 Å². The maximum atomic E-state index is 12.7. The fourth-order valence-corrected chi connectivity index (χ4v) is 3.81. The zero-order valence-electron chi connectivity index (χ0n) is 14.3. The number of amides is 1. The van der Waals surface area contributed by atoms with E-state index in [0.29, 0.717) is 18.4 Å². The second-order valence-corrected chi connectivity index (χ2v) is 6.68. The van der Waals surface area contributed by atoms with E-state index in [1.165, 1.54) is 5.56 Å². The quantitative estimate of drug-likeness (QED) is 0.835. The molecule has 4 heteroatoms. The Balaban J connectivity index is 1.50. The highest BCUT2D eigenvalue weighted by Gasteiger charge is 2.29. The summed E-state index contributed by atoms with van der Waals surface area (Å²) in [5.74, 6) is 0.328. The molecule has 126 valence electrons. The van der Waals surface area contributed by atoms with Crippen LogP contribution in [0.5, 0.6) is 0 Å². The summed E-state index contributed by atoms with van der Waals surface area (Å²) in [7, 11) is 0. The minimum atomic E-state index is 0.292. The summed E-state index contributed by atoms with van der Waals surface area (Å²) in [6.07, 6.45) is 2.89. The van der Waals surface area contributed by atoms with Gasteiger partial charge in [-0.3, -0.25) is 4.79 Å². The van der Waals surface area contributed by atoms with E-state index in [-0.39, 0.29) is 0 Å². The molecule has 0 saturated carbocycles. The van der Waals surface area contributed by atoms with Crippen molar-refractivity contribution in [2.24, 2.45) is 0 Å². The number of rotatable bonds is 5. The SMILES string of the molecule is CCN1CCN(CCC(=O)N2CCC[C@H]2c2ccccc2)CC1. The minimum absolute atomic E-state index is 0.292. The first kappa shape index (κ1) is 16.5. The van der Waals surface area contributed by atoms with Crippen molar-refractivity contribution in [3.63, 3.8) is 0 Å². The van der Waals surface area contributed by atoms with Gasteiger partial charge in [-0.05, 0) is 24.9 Å². The second-order valence-electron chi connectivity index (χ2n) is 6.68. The van der Waals surface area contributed by atoms with Crippen LogP contribution in [0, 0.1) is 0 Å². The van der Waals surface area contributed by atoms with Crippen LogP contribution in [-0.2, 0) is 4.79 Å². The van der Waals surface area contributed by atoms with Gasteiger partial charge in [0.25, 0.3) is 0 Å². The molecule has 1 aromatic rings. The van der Waals surface area contributed by atoms with Crippen molar-refractivity contribution in [1.29, 1.82) is 0 Å². The summed E-state index contributed by atoms with van der Waals surface area (Å²) < 4.78 is 0. The van der Waals surface area contributed by atoms with Gasteiger partial charge < -0.3 is 14.7 Å². The topological polar surface area (TPSA) is 26.8 Å². The van der Waals surface area contributed by atoms with Gasteiger partial charge in [0.15, 0.2) is 0 Å². The Morgan fingerprint density at radius 1 is 1.04 bits per heavy atom. The molecule has 0 aliphatic carbocycles. The van der Waals surface area contributed by atoms with Gasteiger partial charge in [0, 0.05) is 45.7 Å². The average Bonchev–Trinajstić information content (AvgIpc) is 3.11. The lowest BCUT2D eigenvalue weighted by molar-refractivity contribution is -0.132. The third-order valence-electron chi connectivity index (χ3n) is 5.31. The second kappa shape index (κ2) is 7.93. The maximum Gasteiger partial charge on any atom is 0.224 e. The van der Waals surface area contributed by atoms with E-state index in [9.17, 15) is 4.79 Å². The molecule has 2 aliphatic rings. The lowest BCUT2D eigenvalue weighted by atomic mass is 10.0. The first-order valence-electron chi connectivity index (χ1n) is 9.07. The van der Waals surface area contributed by atoms with Gasteiger partial charge in [-0.1, -0.05) is 37.3 Å². The number of piperazine rings is 1. The molecule has 0 spiro atoms. The van der Waals surface area contributed by atoms with Crippen LogP contribution in [0.3, 0.4) is 0 Å². The highest BCUT2D eigenvalue weighted by Crippen LogP contribution is 2.32. The van der Waals surface area contributed by atoms with E-state index in [1.807, 2.05) is 6.07 Å². The van der Waals surface area contributed by atoms with E-state index in [2.05, 4.69) is 45.9 Å². The molecular formula is C19H29N3O. The van der Waals surface area contributed by atoms with Crippen LogP contribution in [0.1, 0.15) is 37.8 Å². The Hall–Kier alpha value is -1.39. The van der Waals surface area contributed by atoms with E-state index in [4.69, 9.17) is 0 Å². The molecule has 1 atom stereocenters. The van der Waals surface area contributed by atoms with E-state index in [0.717, 1.165) is 58.7 Å². The van der Waals surface area contributed by atoms with Gasteiger partial charge in [-0.25, -0.2) is 0 Å². The largest absolute Gasteiger partial charge is 0.336 e. The van der Waals surface area contributed by atoms with Crippen molar-refractivity contribution in [2.45, 2.75) is 32.2 Å². The highest BCUT2D eigenvalue weighted by molar-refractivity contribution is 5.77. The van der Waals surface area contributed by atoms with E-state index < -0.39 is 0 Å². The Labute approximate surface area is 140 Å². The summed E-state index contributed by atoms with van der Waals surface area (Å²) >= 11 is 0. The predicted molar refractivity (Wildman–Crippen MR) is 93.3 cm³/mol. The Morgan fingerprint density at radius 3 is 2.43 bits per heavy atom. The van der Waals surface area contributed by atoms with Gasteiger partial charge in [-0.2, -0.15) is 0 Å². The van der Waals surface area contributed by atoms with Crippen LogP contribution in [-0.4, -0.2) is 66.4 Å². The summed E-state index contributed by atoms with van der Waals surface area (Å²) in [5, 5.41) is 0. The molecule has 2 fully saturated rings. The molecule has 3 rings (SSSR count). The van der Waals surface area contributed by atoms with Crippen molar-refractivity contribution in [2.75, 3.05) is 45.8 Å². The van der Waals surface area contributed by atoms with E-state index >= 15 is 0 Å². The van der Waals surface area contributed by atoms with Gasteiger partial charge in [0.2, 0.25) is 5.91 Å². The molecule has 0 aromatic heterocycles. The summed E-state index contributed by atoms with van der Waals surface area (Å²) in [6.45, 7) is 9.67. The fraction of sp³-hybridized carbons (Fsp3) is 0.632. The van der Waals surface area contributed by atoms with Crippen molar-refractivity contribution in [3.05, 3.63) is 35.9 Å². The summed E-state index contributed by atoms with van der Waals surface area (Å²) in [4.78, 5) is 19.7. The zero-order chi connectivity index (χ0) is 16.1. The molecule has 0 bridgehead atoms. The lowest BCUT2D eigenvalue weighted by Crippen LogP contribution is -2.47. The Morgan fingerprint density at radius 2 is 1.74 bits per heavy atom. The van der Waals surface area contributed by atoms with Gasteiger partial charge >= 0.3 is 0 Å². The number of likely N-dealkylation sites (tertiary alicyclic amines) is 1. The van der Waals surface area contributed by atoms with Gasteiger partial charge in [-0.15, -0.1) is 0 Å². The first-order chi connectivity index (χ1) is 11.3.